The lowest BCUT2D eigenvalue weighted by atomic mass is 10.1. The van der Waals surface area contributed by atoms with Crippen LogP contribution in [0, 0.1) is 17.1 Å². The summed E-state index contributed by atoms with van der Waals surface area (Å²) < 4.78 is 50.7. The second kappa shape index (κ2) is 5.83. The first-order valence-corrected chi connectivity index (χ1v) is 6.00. The molecule has 0 heterocycles. The number of nitriles is 1. The molecule has 2 aromatic rings. The zero-order valence-electron chi connectivity index (χ0n) is 10.7. The molecule has 0 amide bonds. The number of rotatable bonds is 3. The van der Waals surface area contributed by atoms with Crippen molar-refractivity contribution in [3.63, 3.8) is 0 Å². The number of hydrogen-bond donors (Lipinski definition) is 1. The third kappa shape index (κ3) is 3.72. The lowest BCUT2D eigenvalue weighted by Crippen LogP contribution is -2.07. The summed E-state index contributed by atoms with van der Waals surface area (Å²) in [6, 6.07) is 10.4. The molecular formula is C15H10F4N2. The van der Waals surface area contributed by atoms with Crippen LogP contribution in [-0.4, -0.2) is 0 Å². The van der Waals surface area contributed by atoms with E-state index in [2.05, 4.69) is 5.32 Å². The van der Waals surface area contributed by atoms with E-state index in [1.807, 2.05) is 0 Å². The summed E-state index contributed by atoms with van der Waals surface area (Å²) in [5.74, 6) is -0.401. The summed E-state index contributed by atoms with van der Waals surface area (Å²) in [6.07, 6.45) is -4.49. The van der Waals surface area contributed by atoms with Crippen LogP contribution in [-0.2, 0) is 12.7 Å². The SMILES string of the molecule is N#Cc1cc(C(F)(F)F)ccc1NCc1cccc(F)c1. The molecule has 2 rings (SSSR count). The van der Waals surface area contributed by atoms with E-state index in [-0.39, 0.29) is 17.8 Å². The molecule has 0 spiro atoms. The second-order valence-corrected chi connectivity index (χ2v) is 4.35. The zero-order valence-corrected chi connectivity index (χ0v) is 10.7. The predicted molar refractivity (Wildman–Crippen MR) is 69.9 cm³/mol. The quantitative estimate of drug-likeness (QED) is 0.855. The van der Waals surface area contributed by atoms with Crippen LogP contribution in [0.15, 0.2) is 42.5 Å². The maximum atomic E-state index is 13.0. The first kappa shape index (κ1) is 14.9. The minimum absolute atomic E-state index is 0.110. The molecule has 1 N–H and O–H groups in total. The molecular weight excluding hydrogens is 284 g/mol. The predicted octanol–water partition coefficient (Wildman–Crippen LogP) is 4.33. The Morgan fingerprint density at radius 1 is 1.10 bits per heavy atom. The van der Waals surface area contributed by atoms with Crippen molar-refractivity contribution in [2.45, 2.75) is 12.7 Å². The Balaban J connectivity index is 2.19. The molecule has 0 aliphatic heterocycles. The number of anilines is 1. The molecule has 0 saturated heterocycles. The Morgan fingerprint density at radius 2 is 1.86 bits per heavy atom. The van der Waals surface area contributed by atoms with Crippen LogP contribution in [0.3, 0.4) is 0 Å². The van der Waals surface area contributed by atoms with E-state index in [4.69, 9.17) is 5.26 Å². The Morgan fingerprint density at radius 3 is 2.48 bits per heavy atom. The van der Waals surface area contributed by atoms with Crippen molar-refractivity contribution in [2.24, 2.45) is 0 Å². The van der Waals surface area contributed by atoms with Crippen LogP contribution in [0.4, 0.5) is 23.2 Å². The molecule has 21 heavy (non-hydrogen) atoms. The number of alkyl halides is 3. The normalized spacial score (nSPS) is 11.0. The van der Waals surface area contributed by atoms with Gasteiger partial charge in [-0.15, -0.1) is 0 Å². The van der Waals surface area contributed by atoms with Crippen LogP contribution in [0.5, 0.6) is 0 Å². The Kier molecular flexibility index (Phi) is 4.13. The third-order valence-electron chi connectivity index (χ3n) is 2.84. The molecule has 2 nitrogen and oxygen atoms in total. The zero-order chi connectivity index (χ0) is 15.5. The molecule has 0 radical (unpaired) electrons. The maximum Gasteiger partial charge on any atom is 0.416 e. The van der Waals surface area contributed by atoms with Gasteiger partial charge in [0.2, 0.25) is 0 Å². The van der Waals surface area contributed by atoms with Crippen LogP contribution in [0.25, 0.3) is 0 Å². The minimum atomic E-state index is -4.49. The fraction of sp³-hybridized carbons (Fsp3) is 0.133. The van der Waals surface area contributed by atoms with Gasteiger partial charge in [-0.25, -0.2) is 4.39 Å². The highest BCUT2D eigenvalue weighted by Crippen LogP contribution is 2.31. The van der Waals surface area contributed by atoms with Crippen LogP contribution in [0.1, 0.15) is 16.7 Å². The molecule has 0 fully saturated rings. The van der Waals surface area contributed by atoms with Crippen molar-refractivity contribution < 1.29 is 17.6 Å². The van der Waals surface area contributed by atoms with Gasteiger partial charge in [0.1, 0.15) is 11.9 Å². The monoisotopic (exact) mass is 294 g/mol. The van der Waals surface area contributed by atoms with Gasteiger partial charge in [0, 0.05) is 6.54 Å². The van der Waals surface area contributed by atoms with Crippen molar-refractivity contribution >= 4 is 5.69 Å². The lowest BCUT2D eigenvalue weighted by Gasteiger charge is -2.11. The highest BCUT2D eigenvalue weighted by atomic mass is 19.4. The molecule has 0 saturated carbocycles. The highest BCUT2D eigenvalue weighted by molar-refractivity contribution is 5.59. The molecule has 0 unspecified atom stereocenters. The van der Waals surface area contributed by atoms with E-state index in [9.17, 15) is 17.6 Å². The van der Waals surface area contributed by atoms with Crippen molar-refractivity contribution in [1.82, 2.24) is 0 Å². The Hall–Kier alpha value is -2.55. The summed E-state index contributed by atoms with van der Waals surface area (Å²) in [7, 11) is 0. The highest BCUT2D eigenvalue weighted by Gasteiger charge is 2.31. The van der Waals surface area contributed by atoms with E-state index in [0.29, 0.717) is 5.56 Å². The van der Waals surface area contributed by atoms with E-state index in [1.165, 1.54) is 24.3 Å². The molecule has 0 aromatic heterocycles. The summed E-state index contributed by atoms with van der Waals surface area (Å²) in [4.78, 5) is 0. The van der Waals surface area contributed by atoms with E-state index >= 15 is 0 Å². The number of nitrogens with zero attached hydrogens (tertiary/aromatic N) is 1. The van der Waals surface area contributed by atoms with E-state index in [1.54, 1.807) is 12.1 Å². The molecule has 0 aliphatic rings. The topological polar surface area (TPSA) is 35.8 Å². The average molecular weight is 294 g/mol. The van der Waals surface area contributed by atoms with Gasteiger partial charge in [0.05, 0.1) is 16.8 Å². The van der Waals surface area contributed by atoms with Gasteiger partial charge in [0.15, 0.2) is 0 Å². The van der Waals surface area contributed by atoms with Crippen LogP contribution in [0.2, 0.25) is 0 Å². The fourth-order valence-electron chi connectivity index (χ4n) is 1.81. The number of nitrogens with one attached hydrogen (secondary N) is 1. The maximum absolute atomic E-state index is 13.0. The number of hydrogen-bond acceptors (Lipinski definition) is 2. The minimum Gasteiger partial charge on any atom is -0.380 e. The molecule has 0 atom stereocenters. The van der Waals surface area contributed by atoms with Gasteiger partial charge in [0.25, 0.3) is 0 Å². The van der Waals surface area contributed by atoms with Crippen molar-refractivity contribution in [1.29, 1.82) is 5.26 Å². The Labute approximate surface area is 118 Å². The van der Waals surface area contributed by atoms with E-state index < -0.39 is 17.6 Å². The number of benzene rings is 2. The standard InChI is InChI=1S/C15H10F4N2/c16-13-3-1-2-10(6-13)9-21-14-5-4-12(15(17,18)19)7-11(14)8-20/h1-7,21H,9H2. The molecule has 0 bridgehead atoms. The summed E-state index contributed by atoms with van der Waals surface area (Å²) in [5.41, 5.74) is -0.0925. The van der Waals surface area contributed by atoms with Gasteiger partial charge < -0.3 is 5.32 Å². The van der Waals surface area contributed by atoms with Crippen molar-refractivity contribution in [2.75, 3.05) is 5.32 Å². The van der Waals surface area contributed by atoms with Crippen LogP contribution < -0.4 is 5.32 Å². The summed E-state index contributed by atoms with van der Waals surface area (Å²) in [6.45, 7) is 0.206. The van der Waals surface area contributed by atoms with Gasteiger partial charge in [-0.3, -0.25) is 0 Å². The van der Waals surface area contributed by atoms with E-state index in [0.717, 1.165) is 12.1 Å². The lowest BCUT2D eigenvalue weighted by molar-refractivity contribution is -0.137. The number of halogens is 4. The third-order valence-corrected chi connectivity index (χ3v) is 2.84. The molecule has 6 heteroatoms. The first-order chi connectivity index (χ1) is 9.90. The van der Waals surface area contributed by atoms with Gasteiger partial charge in [-0.1, -0.05) is 12.1 Å². The smallest absolute Gasteiger partial charge is 0.380 e. The Bertz CT molecular complexity index is 687. The second-order valence-electron chi connectivity index (χ2n) is 4.35. The summed E-state index contributed by atoms with van der Waals surface area (Å²) >= 11 is 0. The molecule has 0 aliphatic carbocycles. The molecule has 108 valence electrons. The fourth-order valence-corrected chi connectivity index (χ4v) is 1.81. The summed E-state index contributed by atoms with van der Waals surface area (Å²) in [5, 5.41) is 11.8. The van der Waals surface area contributed by atoms with Crippen molar-refractivity contribution in [3.05, 3.63) is 65.0 Å². The molecule has 2 aromatic carbocycles. The average Bonchev–Trinajstić information content (AvgIpc) is 2.44. The first-order valence-electron chi connectivity index (χ1n) is 6.00. The largest absolute Gasteiger partial charge is 0.416 e. The van der Waals surface area contributed by atoms with Gasteiger partial charge in [-0.05, 0) is 35.9 Å². The van der Waals surface area contributed by atoms with Crippen molar-refractivity contribution in [3.8, 4) is 6.07 Å². The van der Waals surface area contributed by atoms with Gasteiger partial charge >= 0.3 is 6.18 Å². The van der Waals surface area contributed by atoms with Crippen LogP contribution >= 0.6 is 0 Å². The van der Waals surface area contributed by atoms with Gasteiger partial charge in [-0.2, -0.15) is 18.4 Å².